The molecule has 1 saturated heterocycles. The Balaban J connectivity index is 1.75. The first-order valence-corrected chi connectivity index (χ1v) is 9.11. The van der Waals surface area contributed by atoms with Crippen LogP contribution >= 0.6 is 11.6 Å². The molecule has 2 aromatic rings. The van der Waals surface area contributed by atoms with Crippen molar-refractivity contribution in [3.63, 3.8) is 0 Å². The molecule has 1 unspecified atom stereocenters. The minimum atomic E-state index is -0.280. The summed E-state index contributed by atoms with van der Waals surface area (Å²) < 4.78 is 0. The van der Waals surface area contributed by atoms with Gasteiger partial charge in [0.15, 0.2) is 0 Å². The summed E-state index contributed by atoms with van der Waals surface area (Å²) in [5, 5.41) is 3.11. The molecule has 0 saturated carbocycles. The van der Waals surface area contributed by atoms with Gasteiger partial charge in [-0.3, -0.25) is 9.59 Å². The summed E-state index contributed by atoms with van der Waals surface area (Å²) in [6.07, 6.45) is 3.17. The third kappa shape index (κ3) is 3.99. The summed E-state index contributed by atoms with van der Waals surface area (Å²) in [5.41, 5.74) is 7.68. The van der Waals surface area contributed by atoms with E-state index in [1.807, 2.05) is 4.90 Å². The number of nitrogen functional groups attached to an aromatic ring is 1. The smallest absolute Gasteiger partial charge is 0.255 e. The summed E-state index contributed by atoms with van der Waals surface area (Å²) in [5.74, 6) is -0.340. The van der Waals surface area contributed by atoms with Crippen molar-refractivity contribution in [2.24, 2.45) is 0 Å². The molecule has 2 aromatic carbocycles. The quantitative estimate of drug-likeness (QED) is 0.794. The first kappa shape index (κ1) is 18.3. The van der Waals surface area contributed by atoms with Crippen molar-refractivity contribution >= 4 is 34.8 Å². The third-order valence-electron chi connectivity index (χ3n) is 4.67. The van der Waals surface area contributed by atoms with Gasteiger partial charge >= 0.3 is 0 Å². The predicted molar refractivity (Wildman–Crippen MR) is 105 cm³/mol. The molecule has 1 aliphatic rings. The van der Waals surface area contributed by atoms with E-state index in [9.17, 15) is 9.59 Å². The molecule has 2 amide bonds. The van der Waals surface area contributed by atoms with Crippen LogP contribution in [0.25, 0.3) is 0 Å². The zero-order chi connectivity index (χ0) is 18.7. The number of hydrogen-bond acceptors (Lipinski definition) is 3. The SMILES string of the molecule is CC1CCCCN1C(=O)c1ccc(NC(=O)c2cccc(N)c2)cc1Cl. The molecule has 0 spiro atoms. The Kier molecular flexibility index (Phi) is 5.47. The van der Waals surface area contributed by atoms with E-state index >= 15 is 0 Å². The molecule has 0 radical (unpaired) electrons. The van der Waals surface area contributed by atoms with Crippen LogP contribution in [0.1, 0.15) is 46.9 Å². The fourth-order valence-corrected chi connectivity index (χ4v) is 3.47. The summed E-state index contributed by atoms with van der Waals surface area (Å²) >= 11 is 6.33. The van der Waals surface area contributed by atoms with Gasteiger partial charge in [-0.2, -0.15) is 0 Å². The van der Waals surface area contributed by atoms with E-state index in [0.717, 1.165) is 25.8 Å². The largest absolute Gasteiger partial charge is 0.399 e. The summed E-state index contributed by atoms with van der Waals surface area (Å²) in [6, 6.07) is 11.9. The first-order chi connectivity index (χ1) is 12.5. The second-order valence-electron chi connectivity index (χ2n) is 6.62. The molecular formula is C20H22ClN3O2. The maximum atomic E-state index is 12.8. The number of piperidine rings is 1. The highest BCUT2D eigenvalue weighted by Crippen LogP contribution is 2.26. The van der Waals surface area contributed by atoms with Crippen molar-refractivity contribution in [1.29, 1.82) is 0 Å². The standard InChI is InChI=1S/C20H22ClN3O2/c1-13-5-2-3-10-24(13)20(26)17-9-8-16(12-18(17)21)23-19(25)14-6-4-7-15(22)11-14/h4,6-9,11-13H,2-3,5,10,22H2,1H3,(H,23,25). The van der Waals surface area contributed by atoms with Gasteiger partial charge in [0.2, 0.25) is 0 Å². The number of hydrogen-bond donors (Lipinski definition) is 2. The number of carbonyl (C=O) groups is 2. The average molecular weight is 372 g/mol. The van der Waals surface area contributed by atoms with Crippen LogP contribution in [0.15, 0.2) is 42.5 Å². The van der Waals surface area contributed by atoms with E-state index in [4.69, 9.17) is 17.3 Å². The lowest BCUT2D eigenvalue weighted by molar-refractivity contribution is 0.0635. The summed E-state index contributed by atoms with van der Waals surface area (Å²) in [4.78, 5) is 26.9. The number of nitrogens with zero attached hydrogens (tertiary/aromatic N) is 1. The molecule has 1 fully saturated rings. The normalized spacial score (nSPS) is 17.0. The van der Waals surface area contributed by atoms with Crippen molar-refractivity contribution in [2.45, 2.75) is 32.2 Å². The molecule has 6 heteroatoms. The zero-order valence-corrected chi connectivity index (χ0v) is 15.4. The van der Waals surface area contributed by atoms with Crippen LogP contribution in [-0.2, 0) is 0 Å². The minimum absolute atomic E-state index is 0.0593. The lowest BCUT2D eigenvalue weighted by atomic mass is 10.0. The van der Waals surface area contributed by atoms with Crippen LogP contribution in [0.3, 0.4) is 0 Å². The molecule has 1 aliphatic heterocycles. The number of benzene rings is 2. The van der Waals surface area contributed by atoms with Gasteiger partial charge in [0.1, 0.15) is 0 Å². The Bertz CT molecular complexity index is 838. The molecule has 1 atom stereocenters. The minimum Gasteiger partial charge on any atom is -0.399 e. The van der Waals surface area contributed by atoms with Crippen LogP contribution in [0.5, 0.6) is 0 Å². The van der Waals surface area contributed by atoms with Gasteiger partial charge in [0.05, 0.1) is 10.6 Å². The van der Waals surface area contributed by atoms with Gasteiger partial charge in [0, 0.05) is 29.5 Å². The molecule has 1 heterocycles. The number of carbonyl (C=O) groups excluding carboxylic acids is 2. The molecule has 136 valence electrons. The van der Waals surface area contributed by atoms with E-state index in [0.29, 0.717) is 27.5 Å². The molecule has 0 aromatic heterocycles. The molecular weight excluding hydrogens is 350 g/mol. The van der Waals surface area contributed by atoms with Crippen molar-refractivity contribution in [1.82, 2.24) is 4.90 Å². The van der Waals surface area contributed by atoms with Crippen LogP contribution in [0.2, 0.25) is 5.02 Å². The van der Waals surface area contributed by atoms with Crippen LogP contribution in [0.4, 0.5) is 11.4 Å². The van der Waals surface area contributed by atoms with Crippen molar-refractivity contribution in [2.75, 3.05) is 17.6 Å². The fourth-order valence-electron chi connectivity index (χ4n) is 3.20. The molecule has 0 bridgehead atoms. The van der Waals surface area contributed by atoms with E-state index in [-0.39, 0.29) is 17.9 Å². The number of rotatable bonds is 3. The van der Waals surface area contributed by atoms with Gasteiger partial charge in [-0.15, -0.1) is 0 Å². The third-order valence-corrected chi connectivity index (χ3v) is 4.98. The van der Waals surface area contributed by atoms with Crippen LogP contribution < -0.4 is 11.1 Å². The second-order valence-corrected chi connectivity index (χ2v) is 7.02. The monoisotopic (exact) mass is 371 g/mol. The van der Waals surface area contributed by atoms with Crippen LogP contribution in [0, 0.1) is 0 Å². The zero-order valence-electron chi connectivity index (χ0n) is 14.7. The molecule has 3 N–H and O–H groups in total. The summed E-state index contributed by atoms with van der Waals surface area (Å²) in [7, 11) is 0. The number of anilines is 2. The Labute approximate surface area is 158 Å². The number of likely N-dealkylation sites (tertiary alicyclic amines) is 1. The first-order valence-electron chi connectivity index (χ1n) is 8.73. The predicted octanol–water partition coefficient (Wildman–Crippen LogP) is 4.19. The summed E-state index contributed by atoms with van der Waals surface area (Å²) in [6.45, 7) is 2.81. The Morgan fingerprint density at radius 1 is 1.19 bits per heavy atom. The lowest BCUT2D eigenvalue weighted by Crippen LogP contribution is -2.42. The Hall–Kier alpha value is -2.53. The van der Waals surface area contributed by atoms with Gasteiger partial charge in [-0.05, 0) is 62.6 Å². The number of nitrogens with one attached hydrogen (secondary N) is 1. The van der Waals surface area contributed by atoms with Crippen molar-refractivity contribution in [3.05, 3.63) is 58.6 Å². The Morgan fingerprint density at radius 3 is 2.69 bits per heavy atom. The average Bonchev–Trinajstić information content (AvgIpc) is 2.62. The number of halogens is 1. The van der Waals surface area contributed by atoms with Crippen LogP contribution in [-0.4, -0.2) is 29.3 Å². The molecule has 5 nitrogen and oxygen atoms in total. The maximum Gasteiger partial charge on any atom is 0.255 e. The highest BCUT2D eigenvalue weighted by atomic mass is 35.5. The van der Waals surface area contributed by atoms with E-state index in [1.165, 1.54) is 0 Å². The van der Waals surface area contributed by atoms with Crippen molar-refractivity contribution in [3.8, 4) is 0 Å². The molecule has 26 heavy (non-hydrogen) atoms. The van der Waals surface area contributed by atoms with E-state index in [2.05, 4.69) is 12.2 Å². The van der Waals surface area contributed by atoms with E-state index < -0.39 is 0 Å². The molecule has 0 aliphatic carbocycles. The second kappa shape index (κ2) is 7.79. The fraction of sp³-hybridized carbons (Fsp3) is 0.300. The highest BCUT2D eigenvalue weighted by Gasteiger charge is 2.25. The number of nitrogens with two attached hydrogens (primary N) is 1. The van der Waals surface area contributed by atoms with Gasteiger partial charge in [-0.1, -0.05) is 17.7 Å². The topological polar surface area (TPSA) is 75.4 Å². The highest BCUT2D eigenvalue weighted by molar-refractivity contribution is 6.34. The molecule has 3 rings (SSSR count). The van der Waals surface area contributed by atoms with Crippen molar-refractivity contribution < 1.29 is 9.59 Å². The Morgan fingerprint density at radius 2 is 2.00 bits per heavy atom. The van der Waals surface area contributed by atoms with Gasteiger partial charge < -0.3 is 16.0 Å². The maximum absolute atomic E-state index is 12.8. The van der Waals surface area contributed by atoms with Gasteiger partial charge in [0.25, 0.3) is 11.8 Å². The number of amides is 2. The van der Waals surface area contributed by atoms with E-state index in [1.54, 1.807) is 42.5 Å². The van der Waals surface area contributed by atoms with Gasteiger partial charge in [-0.25, -0.2) is 0 Å². The lowest BCUT2D eigenvalue weighted by Gasteiger charge is -2.33.